The number of nitrogens with zero attached hydrogens (tertiary/aromatic N) is 3. The van der Waals surface area contributed by atoms with Crippen LogP contribution in [0.3, 0.4) is 0 Å². The highest BCUT2D eigenvalue weighted by molar-refractivity contribution is 7.99. The molecule has 0 saturated heterocycles. The summed E-state index contributed by atoms with van der Waals surface area (Å²) in [5.41, 5.74) is 0.417. The molecule has 11 heteroatoms. The lowest BCUT2D eigenvalue weighted by atomic mass is 10.2. The molecular weight excluding hydrogens is 409 g/mol. The number of thioether (sulfide) groups is 1. The molecule has 3 heterocycles. The Labute approximate surface area is 166 Å². The van der Waals surface area contributed by atoms with Crippen molar-refractivity contribution in [2.75, 3.05) is 12.4 Å². The molecule has 0 unspecified atom stereocenters. The molecule has 3 aromatic rings. The number of rotatable bonds is 6. The van der Waals surface area contributed by atoms with Crippen molar-refractivity contribution in [1.29, 1.82) is 0 Å². The molecule has 0 aliphatic carbocycles. The van der Waals surface area contributed by atoms with Gasteiger partial charge in [-0.05, 0) is 17.9 Å². The summed E-state index contributed by atoms with van der Waals surface area (Å²) in [6.45, 7) is 0.427. The Kier molecular flexibility index (Phi) is 6.06. The monoisotopic (exact) mass is 424 g/mol. The molecule has 0 saturated carbocycles. The first-order valence-corrected chi connectivity index (χ1v) is 9.37. The largest absolute Gasteiger partial charge is 0.468 e. The van der Waals surface area contributed by atoms with E-state index in [4.69, 9.17) is 0 Å². The summed E-state index contributed by atoms with van der Waals surface area (Å²) in [6.07, 6.45) is -1.77. The van der Waals surface area contributed by atoms with Crippen molar-refractivity contribution in [3.05, 3.63) is 63.4 Å². The number of aromatic amines is 1. The molecule has 3 aromatic heterocycles. The first kappa shape index (κ1) is 20.6. The molecule has 3 rings (SSSR count). The molecule has 0 bridgehead atoms. The second-order valence-corrected chi connectivity index (χ2v) is 6.96. The van der Waals surface area contributed by atoms with E-state index in [1.54, 1.807) is 6.07 Å². The number of alkyl halides is 3. The molecule has 29 heavy (non-hydrogen) atoms. The van der Waals surface area contributed by atoms with Gasteiger partial charge in [0.25, 0.3) is 5.56 Å². The van der Waals surface area contributed by atoms with E-state index in [0.717, 1.165) is 0 Å². The molecule has 0 atom stereocenters. The van der Waals surface area contributed by atoms with E-state index in [2.05, 4.69) is 19.7 Å². The third-order valence-electron chi connectivity index (χ3n) is 3.59. The highest BCUT2D eigenvalue weighted by atomic mass is 32.2. The molecule has 0 aliphatic heterocycles. The summed E-state index contributed by atoms with van der Waals surface area (Å²) in [5.74, 6) is 0.405. The van der Waals surface area contributed by atoms with E-state index in [1.807, 2.05) is 6.92 Å². The average Bonchev–Trinajstić information content (AvgIpc) is 2.66. The second kappa shape index (κ2) is 8.52. The van der Waals surface area contributed by atoms with Crippen molar-refractivity contribution in [1.82, 2.24) is 19.5 Å². The molecule has 7 nitrogen and oxygen atoms in total. The van der Waals surface area contributed by atoms with Gasteiger partial charge in [0.1, 0.15) is 0 Å². The van der Waals surface area contributed by atoms with E-state index < -0.39 is 18.3 Å². The molecular formula is C18H15F3N4O3S. The normalized spacial score (nSPS) is 11.4. The number of hydrogen-bond acceptors (Lipinski definition) is 6. The van der Waals surface area contributed by atoms with E-state index >= 15 is 0 Å². The van der Waals surface area contributed by atoms with Crippen LogP contribution in [-0.2, 0) is 0 Å². The van der Waals surface area contributed by atoms with Crippen LogP contribution in [0.4, 0.5) is 13.2 Å². The van der Waals surface area contributed by atoms with Crippen LogP contribution in [-0.4, -0.2) is 38.1 Å². The van der Waals surface area contributed by atoms with Crippen LogP contribution in [0.1, 0.15) is 6.92 Å². The number of halogens is 3. The summed E-state index contributed by atoms with van der Waals surface area (Å²) < 4.78 is 42.6. The Morgan fingerprint density at radius 1 is 1.21 bits per heavy atom. The van der Waals surface area contributed by atoms with Crippen molar-refractivity contribution in [2.24, 2.45) is 0 Å². The highest BCUT2D eigenvalue weighted by Gasteiger charge is 2.28. The molecule has 0 spiro atoms. The molecule has 0 radical (unpaired) electrons. The lowest BCUT2D eigenvalue weighted by molar-refractivity contribution is -0.154. The predicted octanol–water partition coefficient (Wildman–Crippen LogP) is 3.04. The van der Waals surface area contributed by atoms with Crippen LogP contribution < -0.4 is 15.9 Å². The van der Waals surface area contributed by atoms with Gasteiger partial charge in [-0.25, -0.2) is 9.97 Å². The van der Waals surface area contributed by atoms with E-state index in [0.29, 0.717) is 27.9 Å². The zero-order chi connectivity index (χ0) is 21.0. The van der Waals surface area contributed by atoms with Gasteiger partial charge in [-0.3, -0.25) is 14.2 Å². The highest BCUT2D eigenvalue weighted by Crippen LogP contribution is 2.23. The predicted molar refractivity (Wildman–Crippen MR) is 102 cm³/mol. The van der Waals surface area contributed by atoms with Gasteiger partial charge in [-0.15, -0.1) is 0 Å². The summed E-state index contributed by atoms with van der Waals surface area (Å²) in [6, 6.07) is 6.92. The van der Waals surface area contributed by atoms with Gasteiger partial charge in [0.2, 0.25) is 11.4 Å². The van der Waals surface area contributed by atoms with Crippen LogP contribution in [0, 0.1) is 0 Å². The third-order valence-corrected chi connectivity index (χ3v) is 4.42. The number of H-pyrrole nitrogens is 1. The van der Waals surface area contributed by atoms with Crippen molar-refractivity contribution in [3.63, 3.8) is 0 Å². The van der Waals surface area contributed by atoms with Crippen LogP contribution >= 0.6 is 11.8 Å². The number of hydrogen-bond donors (Lipinski definition) is 1. The van der Waals surface area contributed by atoms with E-state index in [-0.39, 0.29) is 11.4 Å². The van der Waals surface area contributed by atoms with Gasteiger partial charge >= 0.3 is 6.18 Å². The minimum Gasteiger partial charge on any atom is -0.468 e. The Balaban J connectivity index is 1.98. The van der Waals surface area contributed by atoms with Crippen LogP contribution in [0.5, 0.6) is 5.88 Å². The maximum atomic E-state index is 12.8. The maximum absolute atomic E-state index is 12.8. The van der Waals surface area contributed by atoms with Gasteiger partial charge in [0, 0.05) is 30.0 Å². The van der Waals surface area contributed by atoms with Crippen molar-refractivity contribution in [3.8, 4) is 22.8 Å². The maximum Gasteiger partial charge on any atom is 0.422 e. The Bertz CT molecular complexity index is 1110. The fourth-order valence-corrected chi connectivity index (χ4v) is 3.17. The average molecular weight is 424 g/mol. The topological polar surface area (TPSA) is 89.9 Å². The summed E-state index contributed by atoms with van der Waals surface area (Å²) >= 11 is 1.30. The number of nitrogens with one attached hydrogen (secondary N) is 1. The zero-order valence-corrected chi connectivity index (χ0v) is 15.9. The van der Waals surface area contributed by atoms with E-state index in [1.165, 1.54) is 53.0 Å². The van der Waals surface area contributed by atoms with Crippen LogP contribution in [0.25, 0.3) is 16.9 Å². The van der Waals surface area contributed by atoms with Gasteiger partial charge in [-0.1, -0.05) is 18.7 Å². The summed E-state index contributed by atoms with van der Waals surface area (Å²) in [7, 11) is 0. The first-order chi connectivity index (χ1) is 13.8. The fraction of sp³-hybridized carbons (Fsp3) is 0.222. The fourth-order valence-electron chi connectivity index (χ4n) is 2.42. The minimum atomic E-state index is -4.47. The Hall–Kier alpha value is -3.08. The van der Waals surface area contributed by atoms with Gasteiger partial charge < -0.3 is 9.72 Å². The van der Waals surface area contributed by atoms with Crippen LogP contribution in [0.2, 0.25) is 0 Å². The summed E-state index contributed by atoms with van der Waals surface area (Å²) in [4.78, 5) is 35.1. The van der Waals surface area contributed by atoms with Gasteiger partial charge in [-0.2, -0.15) is 13.2 Å². The number of ether oxygens (including phenoxy) is 1. The Morgan fingerprint density at radius 2 is 2.00 bits per heavy atom. The minimum absolute atomic E-state index is 0.211. The molecule has 0 aromatic carbocycles. The lowest BCUT2D eigenvalue weighted by Gasteiger charge is -2.13. The van der Waals surface area contributed by atoms with E-state index in [9.17, 15) is 22.8 Å². The lowest BCUT2D eigenvalue weighted by Crippen LogP contribution is -2.22. The van der Waals surface area contributed by atoms with Crippen molar-refractivity contribution < 1.29 is 17.9 Å². The standard InChI is InChI=1S/C18H15F3N4O3S/c1-2-29-17-24-13(11-5-6-22-14(26)7-11)8-16(27)25(17)12-3-4-15(23-9-12)28-10-18(19,20)21/h3-9H,2,10H2,1H3,(H,22,26). The molecule has 0 amide bonds. The van der Waals surface area contributed by atoms with Crippen LogP contribution in [0.15, 0.2) is 57.5 Å². The third kappa shape index (κ3) is 5.25. The molecule has 0 aliphatic rings. The molecule has 1 N–H and O–H groups in total. The molecule has 152 valence electrons. The summed E-state index contributed by atoms with van der Waals surface area (Å²) in [5, 5.41) is 0.362. The smallest absolute Gasteiger partial charge is 0.422 e. The van der Waals surface area contributed by atoms with Crippen molar-refractivity contribution in [2.45, 2.75) is 18.3 Å². The first-order valence-electron chi connectivity index (χ1n) is 8.39. The SMILES string of the molecule is CCSc1nc(-c2cc[nH]c(=O)c2)cc(=O)n1-c1ccc(OCC(F)(F)F)nc1. The van der Waals surface area contributed by atoms with Gasteiger partial charge in [0.05, 0.1) is 17.6 Å². The number of aromatic nitrogens is 4. The second-order valence-electron chi connectivity index (χ2n) is 5.73. The Morgan fingerprint density at radius 3 is 2.62 bits per heavy atom. The van der Waals surface area contributed by atoms with Crippen molar-refractivity contribution >= 4 is 11.8 Å². The zero-order valence-electron chi connectivity index (χ0n) is 15.1. The number of pyridine rings is 2. The molecule has 0 fully saturated rings. The quantitative estimate of drug-likeness (QED) is 0.483. The van der Waals surface area contributed by atoms with Gasteiger partial charge in [0.15, 0.2) is 11.8 Å².